The number of aromatic nitrogens is 2. The van der Waals surface area contributed by atoms with Crippen LogP contribution in [0, 0.1) is 0 Å². The number of nitrogen functional groups attached to an aromatic ring is 1. The molecule has 1 saturated heterocycles. The zero-order chi connectivity index (χ0) is 21.5. The van der Waals surface area contributed by atoms with Gasteiger partial charge in [0.2, 0.25) is 5.95 Å². The first-order valence-electron chi connectivity index (χ1n) is 11.6. The normalized spacial score (nSPS) is 21.1. The first-order chi connectivity index (χ1) is 15.0. The smallest absolute Gasteiger partial charge is 0.229 e. The van der Waals surface area contributed by atoms with Crippen LogP contribution in [0.4, 0.5) is 17.6 Å². The molecule has 0 spiro atoms. The molecular weight excluding hydrogens is 386 g/mol. The second-order valence-electron chi connectivity index (χ2n) is 9.27. The van der Waals surface area contributed by atoms with Gasteiger partial charge in [-0.3, -0.25) is 4.79 Å². The number of nitrogens with one attached hydrogen (secondary N) is 1. The molecule has 3 aliphatic rings. The zero-order valence-corrected chi connectivity index (χ0v) is 18.4. The Kier molecular flexibility index (Phi) is 5.16. The first-order valence-corrected chi connectivity index (χ1v) is 11.6. The van der Waals surface area contributed by atoms with Crippen molar-refractivity contribution in [3.63, 3.8) is 0 Å². The summed E-state index contributed by atoms with van der Waals surface area (Å²) >= 11 is 0. The quantitative estimate of drug-likeness (QED) is 0.751. The lowest BCUT2D eigenvalue weighted by molar-refractivity contribution is -0.116. The Hall–Kier alpha value is -2.89. The fraction of sp³-hybridized carbons (Fsp3) is 0.480. The highest BCUT2D eigenvalue weighted by Gasteiger charge is 2.38. The number of anilines is 3. The van der Waals surface area contributed by atoms with E-state index in [2.05, 4.69) is 48.3 Å². The Morgan fingerprint density at radius 1 is 1.03 bits per heavy atom. The van der Waals surface area contributed by atoms with Crippen molar-refractivity contribution in [2.75, 3.05) is 29.0 Å². The van der Waals surface area contributed by atoms with Gasteiger partial charge in [-0.05, 0) is 49.1 Å². The maximum Gasteiger partial charge on any atom is 0.229 e. The summed E-state index contributed by atoms with van der Waals surface area (Å²) in [7, 11) is 0. The molecule has 2 aliphatic heterocycles. The Balaban J connectivity index is 1.63. The number of hydrogen-bond donors (Lipinski definition) is 2. The highest BCUT2D eigenvalue weighted by molar-refractivity contribution is 6.01. The van der Waals surface area contributed by atoms with Gasteiger partial charge in [-0.1, -0.05) is 38.1 Å². The number of hydrogen-bond acceptors (Lipinski definition) is 6. The zero-order valence-electron chi connectivity index (χ0n) is 18.4. The lowest BCUT2D eigenvalue weighted by Gasteiger charge is -2.35. The first kappa shape index (κ1) is 20.0. The minimum Gasteiger partial charge on any atom is -0.383 e. The third kappa shape index (κ3) is 3.58. The van der Waals surface area contributed by atoms with Gasteiger partial charge in [0.1, 0.15) is 11.6 Å². The van der Waals surface area contributed by atoms with Crippen molar-refractivity contribution in [1.82, 2.24) is 9.97 Å². The van der Waals surface area contributed by atoms with Crippen LogP contribution in [-0.2, 0) is 4.79 Å². The van der Waals surface area contributed by atoms with Crippen LogP contribution >= 0.6 is 0 Å². The van der Waals surface area contributed by atoms with Gasteiger partial charge in [0.05, 0.1) is 0 Å². The number of carbonyl (C=O) groups is 1. The summed E-state index contributed by atoms with van der Waals surface area (Å²) in [6, 6.07) is 8.60. The summed E-state index contributed by atoms with van der Waals surface area (Å²) in [4.78, 5) is 24.9. The minimum absolute atomic E-state index is 0.205. The number of nitrogens with zero attached hydrogens (tertiary/aromatic N) is 3. The molecule has 1 aromatic carbocycles. The van der Waals surface area contributed by atoms with Crippen LogP contribution in [0.1, 0.15) is 80.9 Å². The number of nitrogens with two attached hydrogens (primary N) is 1. The number of ketones is 1. The van der Waals surface area contributed by atoms with Gasteiger partial charge in [-0.2, -0.15) is 9.97 Å². The van der Waals surface area contributed by atoms with Gasteiger partial charge in [-0.25, -0.2) is 0 Å². The van der Waals surface area contributed by atoms with Gasteiger partial charge in [-0.15, -0.1) is 0 Å². The van der Waals surface area contributed by atoms with E-state index < -0.39 is 0 Å². The number of allylic oxidation sites excluding steroid dienone is 2. The van der Waals surface area contributed by atoms with Gasteiger partial charge >= 0.3 is 0 Å². The number of fused-ring (bicyclic) bond motifs is 1. The molecule has 0 bridgehead atoms. The fourth-order valence-electron chi connectivity index (χ4n) is 5.11. The minimum atomic E-state index is -0.212. The number of benzene rings is 1. The maximum atomic E-state index is 13.0. The van der Waals surface area contributed by atoms with E-state index in [1.807, 2.05) is 0 Å². The van der Waals surface area contributed by atoms with E-state index in [1.54, 1.807) is 0 Å². The van der Waals surface area contributed by atoms with Crippen molar-refractivity contribution in [3.8, 4) is 0 Å². The Bertz CT molecular complexity index is 1030. The molecule has 3 heterocycles. The highest BCUT2D eigenvalue weighted by atomic mass is 16.1. The van der Waals surface area contributed by atoms with Crippen molar-refractivity contribution in [1.29, 1.82) is 0 Å². The molecule has 1 aromatic heterocycles. The number of Topliss-reactive ketones (excluding diaryl/α,β-unsaturated/α-hetero) is 1. The van der Waals surface area contributed by atoms with Crippen LogP contribution in [0.5, 0.6) is 0 Å². The van der Waals surface area contributed by atoms with Crippen molar-refractivity contribution >= 4 is 23.4 Å². The number of piperidine rings is 1. The van der Waals surface area contributed by atoms with Crippen LogP contribution in [0.3, 0.4) is 0 Å². The average Bonchev–Trinajstić information content (AvgIpc) is 2.78. The predicted molar refractivity (Wildman–Crippen MR) is 124 cm³/mol. The molecule has 0 radical (unpaired) electrons. The highest BCUT2D eigenvalue weighted by Crippen LogP contribution is 2.47. The molecule has 0 amide bonds. The summed E-state index contributed by atoms with van der Waals surface area (Å²) in [5.74, 6) is 2.39. The van der Waals surface area contributed by atoms with Crippen LogP contribution in [0.15, 0.2) is 35.5 Å². The van der Waals surface area contributed by atoms with Crippen molar-refractivity contribution in [3.05, 3.63) is 52.2 Å². The van der Waals surface area contributed by atoms with Gasteiger partial charge < -0.3 is 16.0 Å². The molecule has 3 N–H and O–H groups in total. The van der Waals surface area contributed by atoms with Crippen molar-refractivity contribution in [2.24, 2.45) is 0 Å². The third-order valence-corrected chi connectivity index (χ3v) is 6.84. The topological polar surface area (TPSA) is 84.1 Å². The van der Waals surface area contributed by atoms with Gasteiger partial charge in [0.15, 0.2) is 5.78 Å². The van der Waals surface area contributed by atoms with Crippen LogP contribution in [0.2, 0.25) is 0 Å². The lowest BCUT2D eigenvalue weighted by atomic mass is 9.76. The molecular formula is C25H31N5O. The Labute approximate surface area is 184 Å². The third-order valence-electron chi connectivity index (χ3n) is 6.84. The van der Waals surface area contributed by atoms with Gasteiger partial charge in [0, 0.05) is 42.3 Å². The summed E-state index contributed by atoms with van der Waals surface area (Å²) in [5, 5.41) is 3.48. The second-order valence-corrected chi connectivity index (χ2v) is 9.27. The number of carbonyl (C=O) groups excluding carboxylic acids is 1. The lowest BCUT2D eigenvalue weighted by Crippen LogP contribution is -2.33. The fourth-order valence-corrected chi connectivity index (χ4v) is 5.11. The summed E-state index contributed by atoms with van der Waals surface area (Å²) in [5.41, 5.74) is 11.6. The average molecular weight is 418 g/mol. The molecule has 6 nitrogen and oxygen atoms in total. The molecule has 1 atom stereocenters. The molecule has 1 fully saturated rings. The molecule has 31 heavy (non-hydrogen) atoms. The van der Waals surface area contributed by atoms with Crippen LogP contribution < -0.4 is 16.0 Å². The van der Waals surface area contributed by atoms with E-state index in [9.17, 15) is 4.79 Å². The Morgan fingerprint density at radius 3 is 2.48 bits per heavy atom. The summed E-state index contributed by atoms with van der Waals surface area (Å²) in [6.07, 6.45) is 5.89. The van der Waals surface area contributed by atoms with Crippen LogP contribution in [-0.4, -0.2) is 28.8 Å². The van der Waals surface area contributed by atoms with E-state index in [0.29, 0.717) is 24.1 Å². The molecule has 5 rings (SSSR count). The SMILES string of the molecule is CC(C)c1ccc([C@H]2C3=C(CCCC3=O)Nc3nc(N4CCCCC4)nc(N)c32)cc1. The van der Waals surface area contributed by atoms with Crippen molar-refractivity contribution in [2.45, 2.75) is 64.2 Å². The van der Waals surface area contributed by atoms with E-state index in [4.69, 9.17) is 15.7 Å². The second kappa shape index (κ2) is 7.98. The van der Waals surface area contributed by atoms with Crippen LogP contribution in [0.25, 0.3) is 0 Å². The maximum absolute atomic E-state index is 13.0. The van der Waals surface area contributed by atoms with Gasteiger partial charge in [0.25, 0.3) is 0 Å². The van der Waals surface area contributed by atoms with E-state index >= 15 is 0 Å². The van der Waals surface area contributed by atoms with E-state index in [1.165, 1.54) is 12.0 Å². The monoisotopic (exact) mass is 417 g/mol. The molecule has 0 saturated carbocycles. The molecule has 2 aromatic rings. The summed E-state index contributed by atoms with van der Waals surface area (Å²) < 4.78 is 0. The molecule has 1 aliphatic carbocycles. The largest absolute Gasteiger partial charge is 0.383 e. The predicted octanol–water partition coefficient (Wildman–Crippen LogP) is 4.74. The van der Waals surface area contributed by atoms with Crippen molar-refractivity contribution < 1.29 is 4.79 Å². The van der Waals surface area contributed by atoms with E-state index in [0.717, 1.165) is 67.0 Å². The van der Waals surface area contributed by atoms with E-state index in [-0.39, 0.29) is 11.7 Å². The Morgan fingerprint density at radius 2 is 1.77 bits per heavy atom. The molecule has 162 valence electrons. The standard InChI is InChI=1S/C25H31N5O/c1-15(2)16-9-11-17(12-10-16)20-21-18(7-6-8-19(21)31)27-24-22(20)23(26)28-25(29-24)30-13-4-3-5-14-30/h9-12,15,20H,3-8,13-14H2,1-2H3,(H3,26,27,28,29)/t20-/m0/s1. The summed E-state index contributed by atoms with van der Waals surface area (Å²) in [6.45, 7) is 6.30. The molecule has 6 heteroatoms. The molecule has 0 unspecified atom stereocenters. The number of rotatable bonds is 3.